The highest BCUT2D eigenvalue weighted by atomic mass is 79.9. The van der Waals surface area contributed by atoms with Crippen LogP contribution in [0, 0.1) is 26.7 Å². The van der Waals surface area contributed by atoms with Crippen LogP contribution in [0.25, 0.3) is 0 Å². The van der Waals surface area contributed by atoms with Gasteiger partial charge in [-0.2, -0.15) is 0 Å². The van der Waals surface area contributed by atoms with Gasteiger partial charge in [0.15, 0.2) is 0 Å². The van der Waals surface area contributed by atoms with Crippen LogP contribution < -0.4 is 4.74 Å². The summed E-state index contributed by atoms with van der Waals surface area (Å²) in [5.41, 5.74) is 3.82. The second-order valence-electron chi connectivity index (χ2n) is 4.28. The lowest BCUT2D eigenvalue weighted by molar-refractivity contribution is 0.272. The molecule has 2 heteroatoms. The lowest BCUT2D eigenvalue weighted by Crippen LogP contribution is -2.10. The summed E-state index contributed by atoms with van der Waals surface area (Å²) in [6.07, 6.45) is 0. The van der Waals surface area contributed by atoms with E-state index in [2.05, 4.69) is 55.8 Å². The van der Waals surface area contributed by atoms with Crippen molar-refractivity contribution in [3.63, 3.8) is 0 Å². The molecule has 0 bridgehead atoms. The summed E-state index contributed by atoms with van der Waals surface area (Å²) in [4.78, 5) is 0. The van der Waals surface area contributed by atoms with Gasteiger partial charge in [0.2, 0.25) is 0 Å². The summed E-state index contributed by atoms with van der Waals surface area (Å²) < 4.78 is 5.82. The van der Waals surface area contributed by atoms with Crippen LogP contribution in [0.5, 0.6) is 5.75 Å². The van der Waals surface area contributed by atoms with Crippen LogP contribution in [0.1, 0.15) is 23.6 Å². The lowest BCUT2D eigenvalue weighted by Gasteiger charge is -2.14. The summed E-state index contributed by atoms with van der Waals surface area (Å²) in [6, 6.07) is 4.30. The number of ether oxygens (including phenoxy) is 1. The van der Waals surface area contributed by atoms with E-state index in [-0.39, 0.29) is 0 Å². The van der Waals surface area contributed by atoms with Gasteiger partial charge in [0.1, 0.15) is 5.75 Å². The normalized spacial score (nSPS) is 12.6. The van der Waals surface area contributed by atoms with E-state index in [1.54, 1.807) is 0 Å². The minimum atomic E-state index is 0.546. The van der Waals surface area contributed by atoms with Gasteiger partial charge in [-0.3, -0.25) is 0 Å². The second kappa shape index (κ2) is 5.55. The quantitative estimate of drug-likeness (QED) is 0.751. The molecule has 0 aliphatic heterocycles. The summed E-state index contributed by atoms with van der Waals surface area (Å²) in [5, 5.41) is 0.983. The molecule has 1 rings (SSSR count). The molecule has 84 valence electrons. The fraction of sp³-hybridized carbons (Fsp3) is 0.538. The number of halogens is 1. The van der Waals surface area contributed by atoms with Crippen molar-refractivity contribution in [2.24, 2.45) is 5.92 Å². The van der Waals surface area contributed by atoms with Crippen LogP contribution in [0.3, 0.4) is 0 Å². The van der Waals surface area contributed by atoms with Crippen molar-refractivity contribution < 1.29 is 4.74 Å². The standard InChI is InChI=1S/C13H19BrO/c1-9-5-11(3)12(4)13(6-9)15-8-10(2)7-14/h5-6,10H,7-8H2,1-4H3. The lowest BCUT2D eigenvalue weighted by atomic mass is 10.1. The maximum Gasteiger partial charge on any atom is 0.122 e. The molecule has 0 saturated carbocycles. The number of hydrogen-bond acceptors (Lipinski definition) is 1. The Hall–Kier alpha value is -0.500. The van der Waals surface area contributed by atoms with E-state index >= 15 is 0 Å². The van der Waals surface area contributed by atoms with Crippen molar-refractivity contribution in [3.05, 3.63) is 28.8 Å². The molecule has 0 amide bonds. The molecule has 1 aromatic rings. The highest BCUT2D eigenvalue weighted by Gasteiger charge is 2.06. The number of rotatable bonds is 4. The van der Waals surface area contributed by atoms with Crippen molar-refractivity contribution in [1.29, 1.82) is 0 Å². The number of alkyl halides is 1. The first-order chi connectivity index (χ1) is 7.04. The number of hydrogen-bond donors (Lipinski definition) is 0. The Kier molecular flexibility index (Phi) is 4.65. The molecule has 0 saturated heterocycles. The van der Waals surface area contributed by atoms with Gasteiger partial charge < -0.3 is 4.74 Å². The smallest absolute Gasteiger partial charge is 0.122 e. The predicted octanol–water partition coefficient (Wildman–Crippen LogP) is 4.02. The Morgan fingerprint density at radius 2 is 1.93 bits per heavy atom. The van der Waals surface area contributed by atoms with Crippen LogP contribution in [0.2, 0.25) is 0 Å². The van der Waals surface area contributed by atoms with Crippen molar-refractivity contribution in [3.8, 4) is 5.75 Å². The fourth-order valence-electron chi connectivity index (χ4n) is 1.43. The van der Waals surface area contributed by atoms with Crippen molar-refractivity contribution in [1.82, 2.24) is 0 Å². The molecule has 0 radical (unpaired) electrons. The van der Waals surface area contributed by atoms with Gasteiger partial charge in [0.25, 0.3) is 0 Å². The van der Waals surface area contributed by atoms with Crippen LogP contribution in [0.4, 0.5) is 0 Å². The van der Waals surface area contributed by atoms with Crippen LogP contribution in [-0.2, 0) is 0 Å². The third-order valence-electron chi connectivity index (χ3n) is 2.55. The molecule has 0 aliphatic rings. The van der Waals surface area contributed by atoms with Gasteiger partial charge in [-0.1, -0.05) is 28.9 Å². The molecule has 1 atom stereocenters. The molecule has 0 aromatic heterocycles. The Balaban J connectivity index is 2.76. The first-order valence-corrected chi connectivity index (χ1v) is 6.43. The van der Waals surface area contributed by atoms with E-state index in [1.807, 2.05) is 0 Å². The zero-order chi connectivity index (χ0) is 11.4. The minimum absolute atomic E-state index is 0.546. The SMILES string of the molecule is Cc1cc(C)c(C)c(OCC(C)CBr)c1. The highest BCUT2D eigenvalue weighted by molar-refractivity contribution is 9.09. The Morgan fingerprint density at radius 1 is 1.27 bits per heavy atom. The number of benzene rings is 1. The Labute approximate surface area is 101 Å². The summed E-state index contributed by atoms with van der Waals surface area (Å²) in [7, 11) is 0. The van der Waals surface area contributed by atoms with Crippen LogP contribution >= 0.6 is 15.9 Å². The van der Waals surface area contributed by atoms with Gasteiger partial charge in [0, 0.05) is 5.33 Å². The maximum absolute atomic E-state index is 5.82. The molecule has 0 spiro atoms. The van der Waals surface area contributed by atoms with E-state index in [0.717, 1.165) is 17.7 Å². The van der Waals surface area contributed by atoms with E-state index in [9.17, 15) is 0 Å². The average molecular weight is 271 g/mol. The van der Waals surface area contributed by atoms with Crippen LogP contribution in [-0.4, -0.2) is 11.9 Å². The molecule has 0 heterocycles. The first-order valence-electron chi connectivity index (χ1n) is 5.31. The third-order valence-corrected chi connectivity index (χ3v) is 3.66. The maximum atomic E-state index is 5.82. The molecular weight excluding hydrogens is 252 g/mol. The van der Waals surface area contributed by atoms with E-state index in [0.29, 0.717) is 5.92 Å². The Bertz CT molecular complexity index is 334. The molecule has 1 aromatic carbocycles. The number of aryl methyl sites for hydroxylation is 2. The zero-order valence-electron chi connectivity index (χ0n) is 9.93. The van der Waals surface area contributed by atoms with Gasteiger partial charge >= 0.3 is 0 Å². The monoisotopic (exact) mass is 270 g/mol. The fourth-order valence-corrected chi connectivity index (χ4v) is 1.61. The van der Waals surface area contributed by atoms with Crippen molar-refractivity contribution in [2.75, 3.05) is 11.9 Å². The Morgan fingerprint density at radius 3 is 2.53 bits per heavy atom. The third kappa shape index (κ3) is 3.53. The van der Waals surface area contributed by atoms with Crippen LogP contribution in [0.15, 0.2) is 12.1 Å². The first kappa shape index (κ1) is 12.6. The van der Waals surface area contributed by atoms with Gasteiger partial charge in [-0.05, 0) is 49.4 Å². The van der Waals surface area contributed by atoms with Gasteiger partial charge in [0.05, 0.1) is 6.61 Å². The van der Waals surface area contributed by atoms with E-state index in [4.69, 9.17) is 4.74 Å². The minimum Gasteiger partial charge on any atom is -0.493 e. The summed E-state index contributed by atoms with van der Waals surface area (Å²) in [5.74, 6) is 1.57. The largest absolute Gasteiger partial charge is 0.493 e. The van der Waals surface area contributed by atoms with Crippen molar-refractivity contribution in [2.45, 2.75) is 27.7 Å². The predicted molar refractivity (Wildman–Crippen MR) is 69.1 cm³/mol. The molecule has 0 aliphatic carbocycles. The average Bonchev–Trinajstić information content (AvgIpc) is 2.20. The molecule has 15 heavy (non-hydrogen) atoms. The molecule has 1 unspecified atom stereocenters. The van der Waals surface area contributed by atoms with Crippen molar-refractivity contribution >= 4 is 15.9 Å². The molecule has 0 fully saturated rings. The zero-order valence-corrected chi connectivity index (χ0v) is 11.5. The van der Waals surface area contributed by atoms with Gasteiger partial charge in [-0.15, -0.1) is 0 Å². The van der Waals surface area contributed by atoms with E-state index in [1.165, 1.54) is 16.7 Å². The molecule has 0 N–H and O–H groups in total. The van der Waals surface area contributed by atoms with E-state index < -0.39 is 0 Å². The topological polar surface area (TPSA) is 9.23 Å². The second-order valence-corrected chi connectivity index (χ2v) is 4.92. The molecule has 1 nitrogen and oxygen atoms in total. The van der Waals surface area contributed by atoms with Gasteiger partial charge in [-0.25, -0.2) is 0 Å². The highest BCUT2D eigenvalue weighted by Crippen LogP contribution is 2.23. The molecular formula is C13H19BrO. The summed E-state index contributed by atoms with van der Waals surface area (Å²) >= 11 is 3.46. The summed E-state index contributed by atoms with van der Waals surface area (Å²) in [6.45, 7) is 9.29.